The molecule has 0 bridgehead atoms. The van der Waals surface area contributed by atoms with E-state index in [1.165, 1.54) is 0 Å². The first-order valence-electron chi connectivity index (χ1n) is 9.96. The maximum absolute atomic E-state index is 13.1. The van der Waals surface area contributed by atoms with Crippen molar-refractivity contribution >= 4 is 12.0 Å². The van der Waals surface area contributed by atoms with Gasteiger partial charge in [0.1, 0.15) is 5.56 Å². The lowest BCUT2D eigenvalue weighted by Crippen LogP contribution is -2.51. The fraction of sp³-hybridized carbons (Fsp3) is 0.650. The van der Waals surface area contributed by atoms with Gasteiger partial charge < -0.3 is 23.8 Å². The highest BCUT2D eigenvalue weighted by Crippen LogP contribution is 2.16. The Bertz CT molecular complexity index is 790. The van der Waals surface area contributed by atoms with E-state index in [1.54, 1.807) is 28.2 Å². The molecule has 0 saturated carbocycles. The minimum absolute atomic E-state index is 0.0233. The SMILES string of the molecule is CCOC(=O)N1CCN(C(=O)c2c(C)cc(C)n(C[C@H]3CCCO3)c2=O)CC1. The normalized spacial score (nSPS) is 19.8. The van der Waals surface area contributed by atoms with Crippen LogP contribution in [0.2, 0.25) is 0 Å². The third-order valence-corrected chi connectivity index (χ3v) is 5.42. The minimum Gasteiger partial charge on any atom is -0.450 e. The van der Waals surface area contributed by atoms with Crippen molar-refractivity contribution in [3.05, 3.63) is 33.2 Å². The van der Waals surface area contributed by atoms with Crippen molar-refractivity contribution < 1.29 is 19.1 Å². The van der Waals surface area contributed by atoms with Crippen molar-refractivity contribution in [2.75, 3.05) is 39.4 Å². The second kappa shape index (κ2) is 8.77. The van der Waals surface area contributed by atoms with Crippen LogP contribution in [-0.2, 0) is 16.0 Å². The molecule has 1 atom stereocenters. The largest absolute Gasteiger partial charge is 0.450 e. The summed E-state index contributed by atoms with van der Waals surface area (Å²) in [4.78, 5) is 41.3. The second-order valence-corrected chi connectivity index (χ2v) is 7.37. The summed E-state index contributed by atoms with van der Waals surface area (Å²) in [5.74, 6) is -0.271. The maximum Gasteiger partial charge on any atom is 0.409 e. The third-order valence-electron chi connectivity index (χ3n) is 5.42. The summed E-state index contributed by atoms with van der Waals surface area (Å²) in [6.45, 7) is 8.54. The van der Waals surface area contributed by atoms with E-state index in [-0.39, 0.29) is 29.2 Å². The van der Waals surface area contributed by atoms with Gasteiger partial charge in [-0.25, -0.2) is 4.79 Å². The number of carbonyl (C=O) groups excluding carboxylic acids is 2. The second-order valence-electron chi connectivity index (χ2n) is 7.37. The molecule has 1 aromatic heterocycles. The Morgan fingerprint density at radius 2 is 1.86 bits per heavy atom. The van der Waals surface area contributed by atoms with Crippen LogP contribution >= 0.6 is 0 Å². The topological polar surface area (TPSA) is 81.1 Å². The Labute approximate surface area is 165 Å². The van der Waals surface area contributed by atoms with Crippen molar-refractivity contribution in [1.29, 1.82) is 0 Å². The van der Waals surface area contributed by atoms with Gasteiger partial charge >= 0.3 is 6.09 Å². The molecule has 2 aliphatic rings. The lowest BCUT2D eigenvalue weighted by atomic mass is 10.1. The minimum atomic E-state index is -0.361. The molecule has 2 saturated heterocycles. The number of rotatable bonds is 4. The van der Waals surface area contributed by atoms with Gasteiger partial charge in [-0.1, -0.05) is 0 Å². The van der Waals surface area contributed by atoms with Crippen LogP contribution in [0, 0.1) is 13.8 Å². The molecule has 8 heteroatoms. The smallest absolute Gasteiger partial charge is 0.409 e. The van der Waals surface area contributed by atoms with Gasteiger partial charge in [0.2, 0.25) is 0 Å². The van der Waals surface area contributed by atoms with Crippen LogP contribution in [0.5, 0.6) is 0 Å². The summed E-state index contributed by atoms with van der Waals surface area (Å²) in [6.07, 6.45) is 1.59. The zero-order valence-corrected chi connectivity index (χ0v) is 16.9. The van der Waals surface area contributed by atoms with Crippen molar-refractivity contribution in [2.45, 2.75) is 46.3 Å². The van der Waals surface area contributed by atoms with E-state index in [0.29, 0.717) is 44.9 Å². The zero-order valence-electron chi connectivity index (χ0n) is 16.9. The first-order chi connectivity index (χ1) is 13.4. The van der Waals surface area contributed by atoms with Gasteiger partial charge in [-0.05, 0) is 45.2 Å². The van der Waals surface area contributed by atoms with Gasteiger partial charge in [0.15, 0.2) is 0 Å². The zero-order chi connectivity index (χ0) is 20.3. The van der Waals surface area contributed by atoms with Crippen molar-refractivity contribution in [2.24, 2.45) is 0 Å². The maximum atomic E-state index is 13.1. The number of amides is 2. The van der Waals surface area contributed by atoms with Gasteiger partial charge in [0.05, 0.1) is 19.3 Å². The standard InChI is InChI=1S/C20H29N3O5/c1-4-27-20(26)22-9-7-21(8-10-22)18(24)17-14(2)12-15(3)23(19(17)25)13-16-6-5-11-28-16/h12,16H,4-11,13H2,1-3H3/t16-/m1/s1. The van der Waals surface area contributed by atoms with Gasteiger partial charge in [-0.2, -0.15) is 0 Å². The van der Waals surface area contributed by atoms with Crippen molar-refractivity contribution in [3.63, 3.8) is 0 Å². The van der Waals surface area contributed by atoms with Gasteiger partial charge in [0.25, 0.3) is 11.5 Å². The number of piperazine rings is 1. The molecule has 154 valence electrons. The molecule has 2 fully saturated rings. The number of carbonyl (C=O) groups is 2. The molecule has 8 nitrogen and oxygen atoms in total. The Morgan fingerprint density at radius 1 is 1.18 bits per heavy atom. The molecular formula is C20H29N3O5. The first kappa shape index (κ1) is 20.4. The number of hydrogen-bond acceptors (Lipinski definition) is 5. The molecule has 1 aromatic rings. The Morgan fingerprint density at radius 3 is 2.46 bits per heavy atom. The lowest BCUT2D eigenvalue weighted by molar-refractivity contribution is 0.0566. The molecule has 0 aliphatic carbocycles. The van der Waals surface area contributed by atoms with E-state index in [1.807, 2.05) is 13.0 Å². The quantitative estimate of drug-likeness (QED) is 0.778. The number of nitrogens with zero attached hydrogens (tertiary/aromatic N) is 3. The van der Waals surface area contributed by atoms with E-state index >= 15 is 0 Å². The lowest BCUT2D eigenvalue weighted by Gasteiger charge is -2.34. The van der Waals surface area contributed by atoms with Crippen LogP contribution in [0.25, 0.3) is 0 Å². The van der Waals surface area contributed by atoms with Crippen LogP contribution in [0.4, 0.5) is 4.79 Å². The van der Waals surface area contributed by atoms with E-state index in [0.717, 1.165) is 25.1 Å². The molecule has 3 rings (SSSR count). The van der Waals surface area contributed by atoms with E-state index in [4.69, 9.17) is 9.47 Å². The average Bonchev–Trinajstić information content (AvgIpc) is 3.18. The first-order valence-corrected chi connectivity index (χ1v) is 9.96. The summed E-state index contributed by atoms with van der Waals surface area (Å²) >= 11 is 0. The van der Waals surface area contributed by atoms with Gasteiger partial charge in [-0.15, -0.1) is 0 Å². The van der Waals surface area contributed by atoms with Crippen LogP contribution in [0.1, 0.15) is 41.4 Å². The Hall–Kier alpha value is -2.35. The predicted octanol–water partition coefficient (Wildman–Crippen LogP) is 1.56. The van der Waals surface area contributed by atoms with Crippen LogP contribution in [0.3, 0.4) is 0 Å². The monoisotopic (exact) mass is 391 g/mol. The molecule has 2 amide bonds. The van der Waals surface area contributed by atoms with Gasteiger partial charge in [-0.3, -0.25) is 9.59 Å². The highest BCUT2D eigenvalue weighted by atomic mass is 16.6. The summed E-state index contributed by atoms with van der Waals surface area (Å²) in [6, 6.07) is 1.89. The molecular weight excluding hydrogens is 362 g/mol. The van der Waals surface area contributed by atoms with E-state index in [2.05, 4.69) is 0 Å². The molecule has 2 aliphatic heterocycles. The summed E-state index contributed by atoms with van der Waals surface area (Å²) < 4.78 is 12.3. The van der Waals surface area contributed by atoms with E-state index < -0.39 is 0 Å². The van der Waals surface area contributed by atoms with Crippen LogP contribution in [-0.4, -0.2) is 71.9 Å². The summed E-state index contributed by atoms with van der Waals surface area (Å²) in [5, 5.41) is 0. The Balaban J connectivity index is 1.76. The molecule has 0 aromatic carbocycles. The predicted molar refractivity (Wildman–Crippen MR) is 104 cm³/mol. The molecule has 28 heavy (non-hydrogen) atoms. The number of aromatic nitrogens is 1. The fourth-order valence-electron chi connectivity index (χ4n) is 3.87. The number of hydrogen-bond donors (Lipinski definition) is 0. The molecule has 3 heterocycles. The molecule has 0 radical (unpaired) electrons. The summed E-state index contributed by atoms with van der Waals surface area (Å²) in [7, 11) is 0. The highest BCUT2D eigenvalue weighted by Gasteiger charge is 2.29. The highest BCUT2D eigenvalue weighted by molar-refractivity contribution is 5.95. The van der Waals surface area contributed by atoms with Crippen molar-refractivity contribution in [3.8, 4) is 0 Å². The van der Waals surface area contributed by atoms with Crippen LogP contribution in [0.15, 0.2) is 10.9 Å². The Kier molecular flexibility index (Phi) is 6.39. The fourth-order valence-corrected chi connectivity index (χ4v) is 3.87. The average molecular weight is 391 g/mol. The molecule has 0 spiro atoms. The van der Waals surface area contributed by atoms with Gasteiger partial charge in [0, 0.05) is 38.5 Å². The molecule has 0 unspecified atom stereocenters. The molecule has 0 N–H and O–H groups in total. The van der Waals surface area contributed by atoms with E-state index in [9.17, 15) is 14.4 Å². The number of pyridine rings is 1. The van der Waals surface area contributed by atoms with Crippen molar-refractivity contribution in [1.82, 2.24) is 14.4 Å². The van der Waals surface area contributed by atoms with Crippen LogP contribution < -0.4 is 5.56 Å². The summed E-state index contributed by atoms with van der Waals surface area (Å²) in [5.41, 5.74) is 1.48. The number of aryl methyl sites for hydroxylation is 2. The third kappa shape index (κ3) is 4.22. The number of ether oxygens (including phenoxy) is 2.